The fourth-order valence-electron chi connectivity index (χ4n) is 1.37. The zero-order chi connectivity index (χ0) is 12.3. The molecule has 2 unspecified atom stereocenters. The number of carbonyl (C=O) groups is 1. The second-order valence-electron chi connectivity index (χ2n) is 3.64. The predicted octanol–water partition coefficient (Wildman–Crippen LogP) is 1.00. The fourth-order valence-corrected chi connectivity index (χ4v) is 1.37. The van der Waals surface area contributed by atoms with Crippen molar-refractivity contribution in [2.75, 3.05) is 0 Å². The van der Waals surface area contributed by atoms with Gasteiger partial charge in [-0.2, -0.15) is 0 Å². The van der Waals surface area contributed by atoms with Crippen molar-refractivity contribution in [1.82, 2.24) is 0 Å². The van der Waals surface area contributed by atoms with Crippen LogP contribution in [0.1, 0.15) is 23.7 Å². The van der Waals surface area contributed by atoms with Gasteiger partial charge >= 0.3 is 5.97 Å². The lowest BCUT2D eigenvalue weighted by Crippen LogP contribution is -2.22. The van der Waals surface area contributed by atoms with Crippen LogP contribution >= 0.6 is 0 Å². The van der Waals surface area contributed by atoms with E-state index in [1.807, 2.05) is 0 Å². The van der Waals surface area contributed by atoms with Crippen LogP contribution in [0.4, 0.5) is 4.39 Å². The average molecular weight is 228 g/mol. The Morgan fingerprint density at radius 2 is 2.06 bits per heavy atom. The van der Waals surface area contributed by atoms with Crippen LogP contribution in [-0.4, -0.2) is 27.4 Å². The molecule has 0 heterocycles. The van der Waals surface area contributed by atoms with Crippen LogP contribution in [0.5, 0.6) is 0 Å². The van der Waals surface area contributed by atoms with Gasteiger partial charge in [0.05, 0.1) is 12.5 Å². The number of aliphatic hydroxyl groups is 2. The second-order valence-corrected chi connectivity index (χ2v) is 3.64. The van der Waals surface area contributed by atoms with E-state index in [-0.39, 0.29) is 5.56 Å². The van der Waals surface area contributed by atoms with Crippen molar-refractivity contribution in [2.45, 2.75) is 25.6 Å². The number of benzene rings is 1. The van der Waals surface area contributed by atoms with Gasteiger partial charge in [-0.15, -0.1) is 0 Å². The summed E-state index contributed by atoms with van der Waals surface area (Å²) in [7, 11) is 0. The molecular weight excluding hydrogens is 215 g/mol. The molecule has 0 aromatic heterocycles. The molecule has 0 bridgehead atoms. The van der Waals surface area contributed by atoms with Gasteiger partial charge in [0.2, 0.25) is 0 Å². The summed E-state index contributed by atoms with van der Waals surface area (Å²) < 4.78 is 13.4. The van der Waals surface area contributed by atoms with Crippen LogP contribution in [0, 0.1) is 12.7 Å². The number of carboxylic acid groups (broad SMARTS) is 1. The van der Waals surface area contributed by atoms with Crippen molar-refractivity contribution < 1.29 is 24.5 Å². The lowest BCUT2D eigenvalue weighted by atomic mass is 10.0. The van der Waals surface area contributed by atoms with Crippen LogP contribution in [0.25, 0.3) is 0 Å². The van der Waals surface area contributed by atoms with Crippen LogP contribution in [0.15, 0.2) is 18.2 Å². The number of carboxylic acids is 1. The lowest BCUT2D eigenvalue weighted by Gasteiger charge is -2.17. The largest absolute Gasteiger partial charge is 0.481 e. The Balaban J connectivity index is 2.87. The van der Waals surface area contributed by atoms with Crippen LogP contribution < -0.4 is 0 Å². The van der Waals surface area contributed by atoms with Gasteiger partial charge < -0.3 is 15.3 Å². The number of hydrogen-bond acceptors (Lipinski definition) is 3. The van der Waals surface area contributed by atoms with E-state index >= 15 is 0 Å². The molecule has 0 aliphatic carbocycles. The standard InChI is InChI=1S/C11H13FO4/c1-6-2-3-7(8(12)4-6)11(16)9(13)5-10(14)15/h2-4,9,11,13,16H,5H2,1H3,(H,14,15). The van der Waals surface area contributed by atoms with E-state index in [2.05, 4.69) is 0 Å². The molecule has 1 aromatic rings. The van der Waals surface area contributed by atoms with Crippen molar-refractivity contribution in [3.05, 3.63) is 35.1 Å². The fraction of sp³-hybridized carbons (Fsp3) is 0.364. The zero-order valence-electron chi connectivity index (χ0n) is 8.72. The number of hydrogen-bond donors (Lipinski definition) is 3. The Morgan fingerprint density at radius 3 is 2.56 bits per heavy atom. The number of rotatable bonds is 4. The van der Waals surface area contributed by atoms with Gasteiger partial charge in [-0.3, -0.25) is 4.79 Å². The molecule has 0 spiro atoms. The third-order valence-corrected chi connectivity index (χ3v) is 2.22. The van der Waals surface area contributed by atoms with E-state index in [1.165, 1.54) is 12.1 Å². The normalized spacial score (nSPS) is 14.5. The number of halogens is 1. The Morgan fingerprint density at radius 1 is 1.44 bits per heavy atom. The van der Waals surface area contributed by atoms with Gasteiger partial charge in [-0.25, -0.2) is 4.39 Å². The molecule has 1 aromatic carbocycles. The minimum absolute atomic E-state index is 0.0978. The van der Waals surface area contributed by atoms with E-state index < -0.39 is 30.4 Å². The van der Waals surface area contributed by atoms with Gasteiger partial charge in [-0.05, 0) is 18.6 Å². The summed E-state index contributed by atoms with van der Waals surface area (Å²) in [6, 6.07) is 4.13. The molecular formula is C11H13FO4. The van der Waals surface area contributed by atoms with Crippen molar-refractivity contribution in [3.8, 4) is 0 Å². The second kappa shape index (κ2) is 5.05. The van der Waals surface area contributed by atoms with E-state index in [0.717, 1.165) is 0 Å². The number of aliphatic carboxylic acids is 1. The Hall–Kier alpha value is -1.46. The molecule has 4 nitrogen and oxygen atoms in total. The molecule has 0 aliphatic heterocycles. The van der Waals surface area contributed by atoms with Crippen molar-refractivity contribution >= 4 is 5.97 Å². The van der Waals surface area contributed by atoms with Gasteiger partial charge in [0.15, 0.2) is 0 Å². The number of aryl methyl sites for hydroxylation is 1. The topological polar surface area (TPSA) is 77.8 Å². The first-order valence-corrected chi connectivity index (χ1v) is 4.75. The van der Waals surface area contributed by atoms with Gasteiger partial charge in [0.1, 0.15) is 11.9 Å². The van der Waals surface area contributed by atoms with Crippen molar-refractivity contribution in [3.63, 3.8) is 0 Å². The third-order valence-electron chi connectivity index (χ3n) is 2.22. The molecule has 0 saturated carbocycles. The summed E-state index contributed by atoms with van der Waals surface area (Å²) in [6.45, 7) is 1.69. The minimum Gasteiger partial charge on any atom is -0.481 e. The molecule has 5 heteroatoms. The summed E-state index contributed by atoms with van der Waals surface area (Å²) in [6.07, 6.45) is -3.68. The molecule has 2 atom stereocenters. The van der Waals surface area contributed by atoms with E-state index in [4.69, 9.17) is 5.11 Å². The summed E-state index contributed by atoms with van der Waals surface area (Å²) in [5, 5.41) is 27.3. The molecule has 0 aliphatic rings. The molecule has 16 heavy (non-hydrogen) atoms. The first-order chi connectivity index (χ1) is 7.41. The maximum Gasteiger partial charge on any atom is 0.306 e. The Bertz CT molecular complexity index is 392. The van der Waals surface area contributed by atoms with Crippen LogP contribution in [0.2, 0.25) is 0 Å². The van der Waals surface area contributed by atoms with E-state index in [1.54, 1.807) is 13.0 Å². The van der Waals surface area contributed by atoms with Gasteiger partial charge in [0, 0.05) is 5.56 Å². The molecule has 1 rings (SSSR count). The maximum atomic E-state index is 13.4. The molecule has 88 valence electrons. The quantitative estimate of drug-likeness (QED) is 0.718. The number of aliphatic hydroxyl groups excluding tert-OH is 2. The average Bonchev–Trinajstić information content (AvgIpc) is 2.15. The van der Waals surface area contributed by atoms with E-state index in [9.17, 15) is 19.4 Å². The highest BCUT2D eigenvalue weighted by molar-refractivity contribution is 5.67. The summed E-state index contributed by atoms with van der Waals surface area (Å²) in [4.78, 5) is 10.3. The molecule has 0 amide bonds. The highest BCUT2D eigenvalue weighted by atomic mass is 19.1. The minimum atomic E-state index is -1.53. The summed E-state index contributed by atoms with van der Waals surface area (Å²) in [5.74, 6) is -1.91. The van der Waals surface area contributed by atoms with Crippen molar-refractivity contribution in [1.29, 1.82) is 0 Å². The van der Waals surface area contributed by atoms with Crippen LogP contribution in [-0.2, 0) is 4.79 Å². The maximum absolute atomic E-state index is 13.4. The molecule has 0 radical (unpaired) electrons. The monoisotopic (exact) mass is 228 g/mol. The van der Waals surface area contributed by atoms with Crippen molar-refractivity contribution in [2.24, 2.45) is 0 Å². The first-order valence-electron chi connectivity index (χ1n) is 4.75. The Labute approximate surface area is 92.0 Å². The smallest absolute Gasteiger partial charge is 0.306 e. The molecule has 0 fully saturated rings. The predicted molar refractivity (Wildman–Crippen MR) is 54.4 cm³/mol. The summed E-state index contributed by atoms with van der Waals surface area (Å²) in [5.41, 5.74) is 0.584. The first kappa shape index (κ1) is 12.6. The molecule has 3 N–H and O–H groups in total. The summed E-state index contributed by atoms with van der Waals surface area (Å²) >= 11 is 0. The highest BCUT2D eigenvalue weighted by Crippen LogP contribution is 2.22. The van der Waals surface area contributed by atoms with Gasteiger partial charge in [0.25, 0.3) is 0 Å². The Kier molecular flexibility index (Phi) is 3.98. The van der Waals surface area contributed by atoms with Gasteiger partial charge in [-0.1, -0.05) is 12.1 Å². The zero-order valence-corrected chi connectivity index (χ0v) is 8.72. The lowest BCUT2D eigenvalue weighted by molar-refractivity contribution is -0.141. The molecule has 0 saturated heterocycles. The van der Waals surface area contributed by atoms with Crippen LogP contribution in [0.3, 0.4) is 0 Å². The third kappa shape index (κ3) is 3.01. The van der Waals surface area contributed by atoms with E-state index in [0.29, 0.717) is 5.56 Å². The highest BCUT2D eigenvalue weighted by Gasteiger charge is 2.23. The SMILES string of the molecule is Cc1ccc(C(O)C(O)CC(=O)O)c(F)c1.